The highest BCUT2D eigenvalue weighted by molar-refractivity contribution is 6.32. The van der Waals surface area contributed by atoms with Gasteiger partial charge in [-0.05, 0) is 18.6 Å². The average Bonchev–Trinajstić information content (AvgIpc) is 2.43. The summed E-state index contributed by atoms with van der Waals surface area (Å²) in [6, 6.07) is 3.20. The van der Waals surface area contributed by atoms with E-state index < -0.39 is 11.6 Å². The minimum Gasteiger partial charge on any atom is -0.495 e. The Hall–Kier alpha value is -2.01. The number of esters is 1. The maximum atomic E-state index is 11.9. The molecule has 106 valence electrons. The fraction of sp³-hybridized carbons (Fsp3) is 0.286. The third-order valence-electron chi connectivity index (χ3n) is 3.11. The van der Waals surface area contributed by atoms with Crippen molar-refractivity contribution in [3.8, 4) is 5.75 Å². The first-order valence-corrected chi connectivity index (χ1v) is 6.22. The molecule has 1 heterocycles. The van der Waals surface area contributed by atoms with E-state index in [2.05, 4.69) is 4.74 Å². The van der Waals surface area contributed by atoms with Crippen LogP contribution in [0.5, 0.6) is 5.75 Å². The quantitative estimate of drug-likeness (QED) is 0.643. The van der Waals surface area contributed by atoms with Crippen LogP contribution in [-0.2, 0) is 16.0 Å². The van der Waals surface area contributed by atoms with Crippen molar-refractivity contribution in [2.24, 2.45) is 0 Å². The fourth-order valence-electron chi connectivity index (χ4n) is 1.97. The van der Waals surface area contributed by atoms with E-state index in [4.69, 9.17) is 20.8 Å². The average molecular weight is 297 g/mol. The highest BCUT2D eigenvalue weighted by Crippen LogP contribution is 2.31. The van der Waals surface area contributed by atoms with Crippen LogP contribution in [0.4, 0.5) is 0 Å². The van der Waals surface area contributed by atoms with Crippen molar-refractivity contribution in [3.05, 3.63) is 38.7 Å². The predicted octanol–water partition coefficient (Wildman–Crippen LogP) is 2.48. The van der Waals surface area contributed by atoms with Crippen LogP contribution in [0.3, 0.4) is 0 Å². The summed E-state index contributed by atoms with van der Waals surface area (Å²) in [5.41, 5.74) is 0.712. The lowest BCUT2D eigenvalue weighted by Gasteiger charge is -2.09. The van der Waals surface area contributed by atoms with Crippen LogP contribution in [0.2, 0.25) is 5.02 Å². The topological polar surface area (TPSA) is 65.7 Å². The van der Waals surface area contributed by atoms with Crippen molar-refractivity contribution in [3.63, 3.8) is 0 Å². The summed E-state index contributed by atoms with van der Waals surface area (Å²) in [6.07, 6.45) is -0.135. The van der Waals surface area contributed by atoms with Gasteiger partial charge in [-0.15, -0.1) is 0 Å². The molecule has 2 aromatic rings. The number of halogens is 1. The molecule has 1 aromatic carbocycles. The van der Waals surface area contributed by atoms with Gasteiger partial charge in [0.2, 0.25) is 0 Å². The van der Waals surface area contributed by atoms with Crippen LogP contribution in [0.15, 0.2) is 21.3 Å². The SMILES string of the molecule is COC(=O)Cc1c(C)c2cc(Cl)c(OC)cc2oc1=O. The molecule has 0 radical (unpaired) electrons. The zero-order chi connectivity index (χ0) is 14.9. The number of aryl methyl sites for hydroxylation is 1. The predicted molar refractivity (Wildman–Crippen MR) is 74.5 cm³/mol. The summed E-state index contributed by atoms with van der Waals surface area (Å²) in [5.74, 6) is -0.0817. The van der Waals surface area contributed by atoms with Gasteiger partial charge in [-0.1, -0.05) is 11.6 Å². The Bertz CT molecular complexity index is 732. The number of benzene rings is 1. The molecule has 0 saturated carbocycles. The summed E-state index contributed by atoms with van der Waals surface area (Å²) in [6.45, 7) is 1.74. The smallest absolute Gasteiger partial charge is 0.340 e. The number of carbonyl (C=O) groups is 1. The second-order valence-corrected chi connectivity index (χ2v) is 4.64. The molecule has 2 rings (SSSR count). The summed E-state index contributed by atoms with van der Waals surface area (Å²) in [7, 11) is 2.74. The lowest BCUT2D eigenvalue weighted by molar-refractivity contribution is -0.139. The van der Waals surface area contributed by atoms with Crippen molar-refractivity contribution in [2.45, 2.75) is 13.3 Å². The first-order valence-electron chi connectivity index (χ1n) is 5.84. The van der Waals surface area contributed by atoms with Gasteiger partial charge >= 0.3 is 11.6 Å². The van der Waals surface area contributed by atoms with Crippen molar-refractivity contribution in [2.75, 3.05) is 14.2 Å². The third-order valence-corrected chi connectivity index (χ3v) is 3.40. The van der Waals surface area contributed by atoms with Crippen LogP contribution in [0.1, 0.15) is 11.1 Å². The normalized spacial score (nSPS) is 10.6. The van der Waals surface area contributed by atoms with Gasteiger partial charge in [0.1, 0.15) is 11.3 Å². The molecule has 0 aliphatic heterocycles. The lowest BCUT2D eigenvalue weighted by atomic mass is 10.0. The molecule has 0 spiro atoms. The molecule has 0 aliphatic carbocycles. The molecule has 20 heavy (non-hydrogen) atoms. The maximum absolute atomic E-state index is 11.9. The van der Waals surface area contributed by atoms with Gasteiger partial charge < -0.3 is 13.9 Å². The molecule has 0 aliphatic rings. The maximum Gasteiger partial charge on any atom is 0.340 e. The van der Waals surface area contributed by atoms with Gasteiger partial charge in [0.15, 0.2) is 0 Å². The molecule has 0 fully saturated rings. The van der Waals surface area contributed by atoms with E-state index in [9.17, 15) is 9.59 Å². The number of hydrogen-bond donors (Lipinski definition) is 0. The Labute approximate surface area is 120 Å². The van der Waals surface area contributed by atoms with Gasteiger partial charge in [-0.3, -0.25) is 4.79 Å². The number of carbonyl (C=O) groups excluding carboxylic acids is 1. The van der Waals surface area contributed by atoms with Crippen molar-refractivity contribution in [1.82, 2.24) is 0 Å². The number of hydrogen-bond acceptors (Lipinski definition) is 5. The highest BCUT2D eigenvalue weighted by atomic mass is 35.5. The minimum absolute atomic E-state index is 0.135. The van der Waals surface area contributed by atoms with Crippen LogP contribution in [-0.4, -0.2) is 20.2 Å². The fourth-order valence-corrected chi connectivity index (χ4v) is 2.21. The summed E-state index contributed by atoms with van der Waals surface area (Å²) in [4.78, 5) is 23.3. The Morgan fingerprint density at radius 1 is 1.35 bits per heavy atom. The first-order chi connectivity index (χ1) is 9.47. The Morgan fingerprint density at radius 3 is 2.65 bits per heavy atom. The summed E-state index contributed by atoms with van der Waals surface area (Å²) >= 11 is 6.06. The van der Waals surface area contributed by atoms with E-state index in [1.807, 2.05) is 0 Å². The summed E-state index contributed by atoms with van der Waals surface area (Å²) < 4.78 is 14.9. The molecule has 0 atom stereocenters. The Kier molecular flexibility index (Phi) is 3.99. The number of rotatable bonds is 3. The van der Waals surface area contributed by atoms with Gasteiger partial charge in [0.25, 0.3) is 0 Å². The molecular weight excluding hydrogens is 284 g/mol. The van der Waals surface area contributed by atoms with Crippen LogP contribution in [0.25, 0.3) is 11.0 Å². The van der Waals surface area contributed by atoms with E-state index in [0.29, 0.717) is 27.3 Å². The van der Waals surface area contributed by atoms with Crippen LogP contribution in [0, 0.1) is 6.92 Å². The largest absolute Gasteiger partial charge is 0.495 e. The third kappa shape index (κ3) is 2.49. The highest BCUT2D eigenvalue weighted by Gasteiger charge is 2.16. The number of ether oxygens (including phenoxy) is 2. The van der Waals surface area contributed by atoms with E-state index in [-0.39, 0.29) is 12.0 Å². The van der Waals surface area contributed by atoms with E-state index >= 15 is 0 Å². The molecule has 0 amide bonds. The van der Waals surface area contributed by atoms with Gasteiger partial charge in [0.05, 0.1) is 31.2 Å². The van der Waals surface area contributed by atoms with Gasteiger partial charge in [-0.2, -0.15) is 0 Å². The van der Waals surface area contributed by atoms with Crippen molar-refractivity contribution >= 4 is 28.5 Å². The number of fused-ring (bicyclic) bond motifs is 1. The lowest BCUT2D eigenvalue weighted by Crippen LogP contribution is -2.16. The van der Waals surface area contributed by atoms with Gasteiger partial charge in [-0.25, -0.2) is 4.79 Å². The van der Waals surface area contributed by atoms with E-state index in [0.717, 1.165) is 0 Å². The Balaban J connectivity index is 2.69. The van der Waals surface area contributed by atoms with E-state index in [1.54, 1.807) is 19.1 Å². The standard InChI is InChI=1S/C14H13ClO5/c1-7-8-4-10(15)12(18-2)6-11(8)20-14(17)9(7)5-13(16)19-3/h4,6H,5H2,1-3H3. The number of methoxy groups -OCH3 is 2. The zero-order valence-corrected chi connectivity index (χ0v) is 12.0. The van der Waals surface area contributed by atoms with Crippen LogP contribution < -0.4 is 10.4 Å². The second kappa shape index (κ2) is 5.54. The van der Waals surface area contributed by atoms with Crippen LogP contribution >= 0.6 is 11.6 Å². The molecule has 0 bridgehead atoms. The molecule has 0 N–H and O–H groups in total. The Morgan fingerprint density at radius 2 is 2.05 bits per heavy atom. The molecular formula is C14H13ClO5. The summed E-state index contributed by atoms with van der Waals surface area (Å²) in [5, 5.41) is 1.07. The molecule has 5 nitrogen and oxygen atoms in total. The monoisotopic (exact) mass is 296 g/mol. The second-order valence-electron chi connectivity index (χ2n) is 4.23. The zero-order valence-electron chi connectivity index (χ0n) is 11.3. The first kappa shape index (κ1) is 14.4. The molecule has 0 saturated heterocycles. The molecule has 1 aromatic heterocycles. The minimum atomic E-state index is -0.565. The van der Waals surface area contributed by atoms with Crippen molar-refractivity contribution < 1.29 is 18.7 Å². The molecule has 0 unspecified atom stereocenters. The molecule has 6 heteroatoms. The van der Waals surface area contributed by atoms with Crippen molar-refractivity contribution in [1.29, 1.82) is 0 Å². The van der Waals surface area contributed by atoms with Gasteiger partial charge in [0, 0.05) is 11.5 Å². The van der Waals surface area contributed by atoms with E-state index in [1.165, 1.54) is 14.2 Å².